The number of rotatable bonds is 7. The van der Waals surface area contributed by atoms with Gasteiger partial charge in [0.05, 0.1) is 6.04 Å². The summed E-state index contributed by atoms with van der Waals surface area (Å²) in [5, 5.41) is 3.64. The number of hydrogen-bond acceptors (Lipinski definition) is 5. The Morgan fingerprint density at radius 3 is 2.59 bits per heavy atom. The summed E-state index contributed by atoms with van der Waals surface area (Å²) in [6, 6.07) is 14.2. The predicted octanol–water partition coefficient (Wildman–Crippen LogP) is 3.37. The van der Waals surface area contributed by atoms with Gasteiger partial charge in [-0.2, -0.15) is 0 Å². The molecule has 1 heterocycles. The molecule has 1 amide bonds. The van der Waals surface area contributed by atoms with Crippen molar-refractivity contribution in [3.8, 4) is 5.75 Å². The molecule has 1 N–H and O–H groups in total. The molecular formula is C20H18FNO5. The van der Waals surface area contributed by atoms with E-state index in [-0.39, 0.29) is 12.6 Å². The Balaban J connectivity index is 1.43. The van der Waals surface area contributed by atoms with Crippen LogP contribution in [0.2, 0.25) is 0 Å². The predicted molar refractivity (Wildman–Crippen MR) is 95.6 cm³/mol. The largest absolute Gasteiger partial charge is 0.482 e. The molecule has 0 unspecified atom stereocenters. The molecule has 0 saturated heterocycles. The van der Waals surface area contributed by atoms with Crippen LogP contribution in [0.15, 0.2) is 59.0 Å². The smallest absolute Gasteiger partial charge is 0.344 e. The number of para-hydroxylation sites is 1. The van der Waals surface area contributed by atoms with Crippen molar-refractivity contribution in [3.63, 3.8) is 0 Å². The molecule has 0 aliphatic carbocycles. The maximum absolute atomic E-state index is 12.8. The molecule has 2 aromatic carbocycles. The number of hydrogen-bond donors (Lipinski definition) is 1. The van der Waals surface area contributed by atoms with Gasteiger partial charge >= 0.3 is 5.97 Å². The van der Waals surface area contributed by atoms with Crippen LogP contribution in [0.25, 0.3) is 11.0 Å². The summed E-state index contributed by atoms with van der Waals surface area (Å²) in [6.07, 6.45) is 0. The van der Waals surface area contributed by atoms with Crippen molar-refractivity contribution in [1.82, 2.24) is 5.32 Å². The van der Waals surface area contributed by atoms with Crippen molar-refractivity contribution in [2.75, 3.05) is 13.2 Å². The first-order chi connectivity index (χ1) is 13.0. The maximum atomic E-state index is 12.8. The molecule has 0 fully saturated rings. The minimum atomic E-state index is -0.703. The molecule has 0 aliphatic rings. The Labute approximate surface area is 154 Å². The van der Waals surface area contributed by atoms with Gasteiger partial charge in [-0.05, 0) is 43.3 Å². The number of furan rings is 1. The third kappa shape index (κ3) is 5.07. The lowest BCUT2D eigenvalue weighted by molar-refractivity contribution is -0.150. The van der Waals surface area contributed by atoms with Crippen molar-refractivity contribution < 1.29 is 27.9 Å². The van der Waals surface area contributed by atoms with Gasteiger partial charge in [0.1, 0.15) is 22.9 Å². The summed E-state index contributed by atoms with van der Waals surface area (Å²) in [4.78, 5) is 23.6. The van der Waals surface area contributed by atoms with Crippen LogP contribution in [-0.2, 0) is 14.3 Å². The SMILES string of the molecule is C[C@H](NC(=O)COC(=O)COc1ccc(F)cc1)c1cc2ccccc2o1. The molecule has 27 heavy (non-hydrogen) atoms. The van der Waals surface area contributed by atoms with Crippen LogP contribution >= 0.6 is 0 Å². The molecule has 0 saturated carbocycles. The van der Waals surface area contributed by atoms with Crippen molar-refractivity contribution in [2.24, 2.45) is 0 Å². The minimum absolute atomic E-state index is 0.330. The van der Waals surface area contributed by atoms with E-state index in [1.54, 1.807) is 6.92 Å². The second kappa shape index (κ2) is 8.35. The van der Waals surface area contributed by atoms with E-state index >= 15 is 0 Å². The van der Waals surface area contributed by atoms with Crippen molar-refractivity contribution >= 4 is 22.8 Å². The molecule has 3 aromatic rings. The number of nitrogens with one attached hydrogen (secondary N) is 1. The van der Waals surface area contributed by atoms with Crippen molar-refractivity contribution in [1.29, 1.82) is 0 Å². The third-order valence-corrected chi connectivity index (χ3v) is 3.78. The van der Waals surface area contributed by atoms with E-state index in [4.69, 9.17) is 13.9 Å². The number of ether oxygens (including phenoxy) is 2. The second-order valence-corrected chi connectivity index (χ2v) is 5.88. The zero-order chi connectivity index (χ0) is 19.2. The number of fused-ring (bicyclic) bond motifs is 1. The number of carbonyl (C=O) groups is 2. The number of carbonyl (C=O) groups excluding carboxylic acids is 2. The van der Waals surface area contributed by atoms with Gasteiger partial charge in [0.25, 0.3) is 5.91 Å². The van der Waals surface area contributed by atoms with Crippen LogP contribution in [0.4, 0.5) is 4.39 Å². The maximum Gasteiger partial charge on any atom is 0.344 e. The summed E-state index contributed by atoms with van der Waals surface area (Å²) in [7, 11) is 0. The Kier molecular flexibility index (Phi) is 5.71. The highest BCUT2D eigenvalue weighted by molar-refractivity contribution is 5.82. The fourth-order valence-corrected chi connectivity index (χ4v) is 2.43. The van der Waals surface area contributed by atoms with Gasteiger partial charge in [0, 0.05) is 5.39 Å². The molecule has 0 radical (unpaired) electrons. The average Bonchev–Trinajstić information content (AvgIpc) is 3.10. The van der Waals surface area contributed by atoms with E-state index in [0.29, 0.717) is 11.5 Å². The van der Waals surface area contributed by atoms with Gasteiger partial charge in [-0.15, -0.1) is 0 Å². The Bertz CT molecular complexity index is 902. The second-order valence-electron chi connectivity index (χ2n) is 5.88. The van der Waals surface area contributed by atoms with E-state index < -0.39 is 24.3 Å². The van der Waals surface area contributed by atoms with Crippen LogP contribution in [-0.4, -0.2) is 25.1 Å². The van der Waals surface area contributed by atoms with Gasteiger partial charge in [-0.3, -0.25) is 4.79 Å². The highest BCUT2D eigenvalue weighted by atomic mass is 19.1. The Hall–Kier alpha value is -3.35. The highest BCUT2D eigenvalue weighted by Crippen LogP contribution is 2.23. The zero-order valence-corrected chi connectivity index (χ0v) is 14.6. The van der Waals surface area contributed by atoms with Crippen LogP contribution in [0.5, 0.6) is 5.75 Å². The van der Waals surface area contributed by atoms with Gasteiger partial charge in [0.2, 0.25) is 0 Å². The lowest BCUT2D eigenvalue weighted by Crippen LogP contribution is -2.31. The van der Waals surface area contributed by atoms with Crippen LogP contribution in [0, 0.1) is 5.82 Å². The normalized spacial score (nSPS) is 11.8. The summed E-state index contributed by atoms with van der Waals surface area (Å²) in [6.45, 7) is 0.962. The Morgan fingerprint density at radius 1 is 1.11 bits per heavy atom. The lowest BCUT2D eigenvalue weighted by atomic mass is 10.2. The third-order valence-electron chi connectivity index (χ3n) is 3.78. The monoisotopic (exact) mass is 371 g/mol. The first-order valence-corrected chi connectivity index (χ1v) is 8.33. The van der Waals surface area contributed by atoms with Gasteiger partial charge in [-0.25, -0.2) is 9.18 Å². The fourth-order valence-electron chi connectivity index (χ4n) is 2.43. The first-order valence-electron chi connectivity index (χ1n) is 8.33. The quantitative estimate of drug-likeness (QED) is 0.645. The van der Waals surface area contributed by atoms with E-state index in [2.05, 4.69) is 5.32 Å². The Morgan fingerprint density at radius 2 is 1.85 bits per heavy atom. The molecule has 0 spiro atoms. The molecule has 1 atom stereocenters. The van der Waals surface area contributed by atoms with Gasteiger partial charge in [-0.1, -0.05) is 18.2 Å². The molecule has 3 rings (SSSR count). The van der Waals surface area contributed by atoms with Crippen molar-refractivity contribution in [3.05, 3.63) is 66.2 Å². The molecule has 7 heteroatoms. The zero-order valence-electron chi connectivity index (χ0n) is 14.6. The van der Waals surface area contributed by atoms with E-state index in [9.17, 15) is 14.0 Å². The summed E-state index contributed by atoms with van der Waals surface area (Å²) in [5.41, 5.74) is 0.734. The molecule has 140 valence electrons. The van der Waals surface area contributed by atoms with Crippen molar-refractivity contribution in [2.45, 2.75) is 13.0 Å². The molecule has 1 aromatic heterocycles. The minimum Gasteiger partial charge on any atom is -0.482 e. The molecule has 0 bridgehead atoms. The first kappa shape index (κ1) is 18.4. The molecule has 0 aliphatic heterocycles. The molecular weight excluding hydrogens is 353 g/mol. The highest BCUT2D eigenvalue weighted by Gasteiger charge is 2.15. The summed E-state index contributed by atoms with van der Waals surface area (Å²) in [5.74, 6) is -0.629. The standard InChI is InChI=1S/C20H18FNO5/c1-13(18-10-14-4-2-3-5-17(14)27-18)22-19(23)11-26-20(24)12-25-16-8-6-15(21)7-9-16/h2-10,13H,11-12H2,1H3,(H,22,23)/t13-/m0/s1. The number of esters is 1. The number of halogens is 1. The summed E-state index contributed by atoms with van der Waals surface area (Å²) >= 11 is 0. The number of amides is 1. The van der Waals surface area contributed by atoms with E-state index in [1.807, 2.05) is 30.3 Å². The number of benzene rings is 2. The topological polar surface area (TPSA) is 77.8 Å². The van der Waals surface area contributed by atoms with E-state index in [0.717, 1.165) is 11.0 Å². The van der Waals surface area contributed by atoms with Gasteiger partial charge in [0.15, 0.2) is 13.2 Å². The average molecular weight is 371 g/mol. The lowest BCUT2D eigenvalue weighted by Gasteiger charge is -2.12. The summed E-state index contributed by atoms with van der Waals surface area (Å²) < 4.78 is 28.5. The van der Waals surface area contributed by atoms with Crippen LogP contribution < -0.4 is 10.1 Å². The van der Waals surface area contributed by atoms with Crippen LogP contribution in [0.3, 0.4) is 0 Å². The van der Waals surface area contributed by atoms with Crippen LogP contribution in [0.1, 0.15) is 18.7 Å². The fraction of sp³-hybridized carbons (Fsp3) is 0.200. The van der Waals surface area contributed by atoms with Gasteiger partial charge < -0.3 is 19.2 Å². The van der Waals surface area contributed by atoms with E-state index in [1.165, 1.54) is 24.3 Å². The molecule has 6 nitrogen and oxygen atoms in total.